The number of halogens is 2. The van der Waals surface area contributed by atoms with E-state index >= 15 is 0 Å². The molecule has 0 aliphatic carbocycles. The number of nitrogens with one attached hydrogen (secondary N) is 1. The number of amides is 1. The van der Waals surface area contributed by atoms with Crippen molar-refractivity contribution in [2.24, 2.45) is 0 Å². The Morgan fingerprint density at radius 2 is 2.11 bits per heavy atom. The van der Waals surface area contributed by atoms with Crippen molar-refractivity contribution >= 4 is 23.2 Å². The minimum Gasteiger partial charge on any atom is -0.320 e. The van der Waals surface area contributed by atoms with Gasteiger partial charge in [0.15, 0.2) is 0 Å². The normalized spacial score (nSPS) is 10.2. The lowest BCUT2D eigenvalue weighted by Crippen LogP contribution is -2.14. The SMILES string of the molecule is Cc1ccc(F)cc1NC(=O)c1cccc(Cl)n1. The maximum atomic E-state index is 13.1. The molecule has 0 saturated heterocycles. The molecule has 18 heavy (non-hydrogen) atoms. The molecule has 1 aromatic heterocycles. The lowest BCUT2D eigenvalue weighted by atomic mass is 10.2. The molecular formula is C13H10ClFN2O. The van der Waals surface area contributed by atoms with E-state index in [1.807, 2.05) is 0 Å². The van der Waals surface area contributed by atoms with E-state index in [1.165, 1.54) is 18.2 Å². The van der Waals surface area contributed by atoms with E-state index in [-0.39, 0.29) is 10.8 Å². The Kier molecular flexibility index (Phi) is 3.58. The molecule has 1 amide bonds. The quantitative estimate of drug-likeness (QED) is 0.845. The number of benzene rings is 1. The van der Waals surface area contributed by atoms with E-state index in [1.54, 1.807) is 25.1 Å². The summed E-state index contributed by atoms with van der Waals surface area (Å²) in [6.45, 7) is 1.78. The Morgan fingerprint density at radius 3 is 2.83 bits per heavy atom. The van der Waals surface area contributed by atoms with Crippen molar-refractivity contribution in [2.75, 3.05) is 5.32 Å². The zero-order chi connectivity index (χ0) is 13.1. The van der Waals surface area contributed by atoms with Crippen molar-refractivity contribution in [1.29, 1.82) is 0 Å². The lowest BCUT2D eigenvalue weighted by molar-refractivity contribution is 0.102. The van der Waals surface area contributed by atoms with Crippen LogP contribution in [-0.2, 0) is 0 Å². The van der Waals surface area contributed by atoms with E-state index in [0.29, 0.717) is 5.69 Å². The van der Waals surface area contributed by atoms with Crippen molar-refractivity contribution in [1.82, 2.24) is 4.98 Å². The monoisotopic (exact) mass is 264 g/mol. The molecule has 2 aromatic rings. The van der Waals surface area contributed by atoms with Gasteiger partial charge in [-0.25, -0.2) is 9.37 Å². The first-order valence-electron chi connectivity index (χ1n) is 5.26. The fraction of sp³-hybridized carbons (Fsp3) is 0.0769. The number of rotatable bonds is 2. The predicted octanol–water partition coefficient (Wildman–Crippen LogP) is 3.43. The molecule has 1 N–H and O–H groups in total. The van der Waals surface area contributed by atoms with Crippen LogP contribution in [0.2, 0.25) is 5.15 Å². The van der Waals surface area contributed by atoms with Crippen molar-refractivity contribution in [3.8, 4) is 0 Å². The molecule has 0 aliphatic heterocycles. The van der Waals surface area contributed by atoms with Crippen LogP contribution < -0.4 is 5.32 Å². The molecule has 0 bridgehead atoms. The molecule has 1 aromatic carbocycles. The molecule has 0 saturated carbocycles. The number of carbonyl (C=O) groups excluding carboxylic acids is 1. The average Bonchev–Trinajstić information content (AvgIpc) is 2.34. The first-order valence-corrected chi connectivity index (χ1v) is 5.64. The first kappa shape index (κ1) is 12.5. The van der Waals surface area contributed by atoms with Gasteiger partial charge >= 0.3 is 0 Å². The number of hydrogen-bond donors (Lipinski definition) is 1. The molecule has 0 fully saturated rings. The van der Waals surface area contributed by atoms with Gasteiger partial charge in [0, 0.05) is 5.69 Å². The summed E-state index contributed by atoms with van der Waals surface area (Å²) in [6.07, 6.45) is 0. The van der Waals surface area contributed by atoms with Crippen LogP contribution in [0, 0.1) is 12.7 Å². The Bertz CT molecular complexity index is 601. The van der Waals surface area contributed by atoms with Gasteiger partial charge in [0.2, 0.25) is 0 Å². The third-order valence-electron chi connectivity index (χ3n) is 2.40. The molecule has 5 heteroatoms. The number of carbonyl (C=O) groups is 1. The molecule has 0 aliphatic rings. The van der Waals surface area contributed by atoms with E-state index in [9.17, 15) is 9.18 Å². The molecule has 0 atom stereocenters. The second-order valence-electron chi connectivity index (χ2n) is 3.76. The van der Waals surface area contributed by atoms with Crippen LogP contribution in [0.25, 0.3) is 0 Å². The van der Waals surface area contributed by atoms with E-state index in [4.69, 9.17) is 11.6 Å². The number of nitrogens with zero attached hydrogens (tertiary/aromatic N) is 1. The van der Waals surface area contributed by atoms with Crippen LogP contribution in [0.1, 0.15) is 16.1 Å². The van der Waals surface area contributed by atoms with Gasteiger partial charge in [-0.15, -0.1) is 0 Å². The summed E-state index contributed by atoms with van der Waals surface area (Å²) < 4.78 is 13.1. The molecule has 92 valence electrons. The Labute approximate surface area is 109 Å². The number of anilines is 1. The average molecular weight is 265 g/mol. The topological polar surface area (TPSA) is 42.0 Å². The molecule has 0 spiro atoms. The highest BCUT2D eigenvalue weighted by molar-refractivity contribution is 6.29. The van der Waals surface area contributed by atoms with Gasteiger partial charge in [0.05, 0.1) is 0 Å². The summed E-state index contributed by atoms with van der Waals surface area (Å²) in [7, 11) is 0. The second kappa shape index (κ2) is 5.14. The number of aryl methyl sites for hydroxylation is 1. The van der Waals surface area contributed by atoms with Crippen molar-refractivity contribution in [3.05, 3.63) is 58.6 Å². The van der Waals surface area contributed by atoms with Gasteiger partial charge in [-0.05, 0) is 36.8 Å². The van der Waals surface area contributed by atoms with Crippen LogP contribution in [0.3, 0.4) is 0 Å². The fourth-order valence-corrected chi connectivity index (χ4v) is 1.61. The second-order valence-corrected chi connectivity index (χ2v) is 4.15. The van der Waals surface area contributed by atoms with Crippen LogP contribution >= 0.6 is 11.6 Å². The Morgan fingerprint density at radius 1 is 1.33 bits per heavy atom. The lowest BCUT2D eigenvalue weighted by Gasteiger charge is -2.08. The number of hydrogen-bond acceptors (Lipinski definition) is 2. The van der Waals surface area contributed by atoms with E-state index in [2.05, 4.69) is 10.3 Å². The molecular weight excluding hydrogens is 255 g/mol. The van der Waals surface area contributed by atoms with Gasteiger partial charge in [0.25, 0.3) is 5.91 Å². The predicted molar refractivity (Wildman–Crippen MR) is 68.3 cm³/mol. The maximum Gasteiger partial charge on any atom is 0.274 e. The van der Waals surface area contributed by atoms with Gasteiger partial charge < -0.3 is 5.32 Å². The van der Waals surface area contributed by atoms with Gasteiger partial charge in [-0.2, -0.15) is 0 Å². The smallest absolute Gasteiger partial charge is 0.274 e. The van der Waals surface area contributed by atoms with Crippen LogP contribution in [0.5, 0.6) is 0 Å². The minimum absolute atomic E-state index is 0.186. The third kappa shape index (κ3) is 2.84. The maximum absolute atomic E-state index is 13.1. The first-order chi connectivity index (χ1) is 8.56. The summed E-state index contributed by atoms with van der Waals surface area (Å²) in [5.41, 5.74) is 1.37. The van der Waals surface area contributed by atoms with Crippen LogP contribution in [0.15, 0.2) is 36.4 Å². The molecule has 0 radical (unpaired) electrons. The summed E-state index contributed by atoms with van der Waals surface area (Å²) in [4.78, 5) is 15.8. The van der Waals surface area contributed by atoms with Gasteiger partial charge in [-0.3, -0.25) is 4.79 Å². The van der Waals surface area contributed by atoms with Crippen molar-refractivity contribution in [3.63, 3.8) is 0 Å². The summed E-state index contributed by atoms with van der Waals surface area (Å²) in [6, 6.07) is 8.93. The van der Waals surface area contributed by atoms with E-state index in [0.717, 1.165) is 5.56 Å². The zero-order valence-electron chi connectivity index (χ0n) is 9.58. The Balaban J connectivity index is 2.24. The minimum atomic E-state index is -0.425. The highest BCUT2D eigenvalue weighted by Crippen LogP contribution is 2.17. The molecule has 1 heterocycles. The largest absolute Gasteiger partial charge is 0.320 e. The molecule has 3 nitrogen and oxygen atoms in total. The summed E-state index contributed by atoms with van der Waals surface area (Å²) in [5, 5.41) is 2.83. The van der Waals surface area contributed by atoms with Crippen molar-refractivity contribution in [2.45, 2.75) is 6.92 Å². The van der Waals surface area contributed by atoms with Crippen LogP contribution in [-0.4, -0.2) is 10.9 Å². The molecule has 0 unspecified atom stereocenters. The highest BCUT2D eigenvalue weighted by Gasteiger charge is 2.10. The zero-order valence-corrected chi connectivity index (χ0v) is 10.3. The van der Waals surface area contributed by atoms with E-state index < -0.39 is 11.7 Å². The molecule has 2 rings (SSSR count). The highest BCUT2D eigenvalue weighted by atomic mass is 35.5. The third-order valence-corrected chi connectivity index (χ3v) is 2.61. The van der Waals surface area contributed by atoms with Crippen LogP contribution in [0.4, 0.5) is 10.1 Å². The summed E-state index contributed by atoms with van der Waals surface area (Å²) in [5.74, 6) is -0.832. The van der Waals surface area contributed by atoms with Gasteiger partial charge in [-0.1, -0.05) is 23.7 Å². The van der Waals surface area contributed by atoms with Gasteiger partial charge in [0.1, 0.15) is 16.7 Å². The number of aromatic nitrogens is 1. The fourth-order valence-electron chi connectivity index (χ4n) is 1.45. The summed E-state index contributed by atoms with van der Waals surface area (Å²) >= 11 is 5.70. The van der Waals surface area contributed by atoms with Crippen molar-refractivity contribution < 1.29 is 9.18 Å². The standard InChI is InChI=1S/C13H10ClFN2O/c1-8-5-6-9(15)7-11(8)17-13(18)10-3-2-4-12(14)16-10/h2-7H,1H3,(H,17,18). The Hall–Kier alpha value is -1.94. The number of pyridine rings is 1.